The molecule has 0 saturated carbocycles. The molecule has 0 radical (unpaired) electrons. The van der Waals surface area contributed by atoms with Gasteiger partial charge in [0.25, 0.3) is 5.91 Å². The number of carbonyl (C=O) groups excluding carboxylic acids is 2. The van der Waals surface area contributed by atoms with Crippen LogP contribution in [0, 0.1) is 0 Å². The molecule has 4 nitrogen and oxygen atoms in total. The van der Waals surface area contributed by atoms with Crippen LogP contribution in [0.3, 0.4) is 0 Å². The number of hydrogen-bond acceptors (Lipinski definition) is 3. The van der Waals surface area contributed by atoms with Gasteiger partial charge >= 0.3 is 5.97 Å². The Labute approximate surface area is 46.0 Å². The molecule has 1 rings (SSSR count). The van der Waals surface area contributed by atoms with E-state index in [1.165, 1.54) is 7.05 Å². The number of carbonyl (C=O) groups is 2. The highest BCUT2D eigenvalue weighted by Crippen LogP contribution is 2.03. The molecule has 1 amide bonds. The summed E-state index contributed by atoms with van der Waals surface area (Å²) in [5.41, 5.74) is 0. The minimum Gasteiger partial charge on any atom is -0.338 e. The van der Waals surface area contributed by atoms with Crippen molar-refractivity contribution in [1.82, 2.24) is 5.06 Å². The van der Waals surface area contributed by atoms with Gasteiger partial charge < -0.3 is 4.84 Å². The maximum absolute atomic E-state index is 10.4. The molecule has 4 heteroatoms. The van der Waals surface area contributed by atoms with E-state index in [4.69, 9.17) is 0 Å². The largest absolute Gasteiger partial charge is 0.341 e. The van der Waals surface area contributed by atoms with Crippen molar-refractivity contribution in [2.45, 2.75) is 6.42 Å². The van der Waals surface area contributed by atoms with Gasteiger partial charge in [-0.25, -0.2) is 4.79 Å². The summed E-state index contributed by atoms with van der Waals surface area (Å²) in [5, 5.41) is 0.933. The molecule has 1 saturated heterocycles. The summed E-state index contributed by atoms with van der Waals surface area (Å²) < 4.78 is 0. The van der Waals surface area contributed by atoms with Crippen LogP contribution < -0.4 is 0 Å². The zero-order chi connectivity index (χ0) is 6.15. The third-order valence-electron chi connectivity index (χ3n) is 0.886. The van der Waals surface area contributed by atoms with Gasteiger partial charge in [0, 0.05) is 7.05 Å². The number of nitrogens with zero attached hydrogens (tertiary/aromatic N) is 1. The summed E-state index contributed by atoms with van der Waals surface area (Å²) in [4.78, 5) is 24.9. The second-order valence-corrected chi connectivity index (χ2v) is 1.53. The topological polar surface area (TPSA) is 46.6 Å². The molecule has 0 aromatic carbocycles. The Morgan fingerprint density at radius 1 is 1.62 bits per heavy atom. The van der Waals surface area contributed by atoms with Crippen LogP contribution >= 0.6 is 0 Å². The lowest BCUT2D eigenvalue weighted by molar-refractivity contribution is -0.172. The molecule has 0 bridgehead atoms. The van der Waals surface area contributed by atoms with Gasteiger partial charge in [0.15, 0.2) is 0 Å². The lowest BCUT2D eigenvalue weighted by atomic mass is 10.4. The summed E-state index contributed by atoms with van der Waals surface area (Å²) >= 11 is 0. The van der Waals surface area contributed by atoms with Crippen LogP contribution in [-0.4, -0.2) is 24.0 Å². The average molecular weight is 115 g/mol. The van der Waals surface area contributed by atoms with Crippen molar-refractivity contribution < 1.29 is 14.4 Å². The molecule has 1 aliphatic rings. The van der Waals surface area contributed by atoms with E-state index in [1.807, 2.05) is 0 Å². The lowest BCUT2D eigenvalue weighted by Gasteiger charge is -2.01. The second kappa shape index (κ2) is 1.47. The number of rotatable bonds is 0. The van der Waals surface area contributed by atoms with Crippen LogP contribution in [0.2, 0.25) is 0 Å². The smallest absolute Gasteiger partial charge is 0.338 e. The Bertz CT molecular complexity index is 142. The quantitative estimate of drug-likeness (QED) is 0.392. The Morgan fingerprint density at radius 3 is 2.38 bits per heavy atom. The first-order chi connectivity index (χ1) is 3.70. The molecule has 1 fully saturated rings. The predicted molar refractivity (Wildman–Crippen MR) is 23.5 cm³/mol. The van der Waals surface area contributed by atoms with E-state index in [-0.39, 0.29) is 12.3 Å². The van der Waals surface area contributed by atoms with Gasteiger partial charge in [-0.05, 0) is 0 Å². The molecule has 1 heterocycles. The fraction of sp³-hybridized carbons (Fsp3) is 0.500. The van der Waals surface area contributed by atoms with E-state index in [0.717, 1.165) is 5.06 Å². The highest BCUT2D eigenvalue weighted by atomic mass is 16.7. The van der Waals surface area contributed by atoms with Gasteiger partial charge in [-0.3, -0.25) is 4.79 Å². The fourth-order valence-electron chi connectivity index (χ4n) is 0.471. The first kappa shape index (κ1) is 5.08. The molecular weight excluding hydrogens is 110 g/mol. The van der Waals surface area contributed by atoms with E-state index in [9.17, 15) is 9.59 Å². The first-order valence-electron chi connectivity index (χ1n) is 2.17. The fourth-order valence-corrected chi connectivity index (χ4v) is 0.471. The van der Waals surface area contributed by atoms with Gasteiger partial charge in [-0.2, -0.15) is 5.06 Å². The number of hydrogen-bond donors (Lipinski definition) is 0. The minimum absolute atomic E-state index is 0.115. The van der Waals surface area contributed by atoms with Crippen molar-refractivity contribution >= 4 is 11.9 Å². The van der Waals surface area contributed by atoms with Crippen molar-refractivity contribution in [2.24, 2.45) is 0 Å². The van der Waals surface area contributed by atoms with Gasteiger partial charge in [-0.15, -0.1) is 0 Å². The molecule has 0 aromatic rings. The van der Waals surface area contributed by atoms with E-state index in [1.54, 1.807) is 0 Å². The molecule has 0 atom stereocenters. The third kappa shape index (κ3) is 0.641. The first-order valence-corrected chi connectivity index (χ1v) is 2.17. The molecule has 0 spiro atoms. The maximum atomic E-state index is 10.4. The molecular formula is C4H5NO3. The molecule has 1 aliphatic heterocycles. The summed E-state index contributed by atoms with van der Waals surface area (Å²) in [6, 6.07) is 0. The molecule has 8 heavy (non-hydrogen) atoms. The van der Waals surface area contributed by atoms with Crippen molar-refractivity contribution in [3.63, 3.8) is 0 Å². The Kier molecular flexibility index (Phi) is 0.932. The minimum atomic E-state index is -0.475. The molecule has 0 N–H and O–H groups in total. The van der Waals surface area contributed by atoms with Crippen LogP contribution in [0.15, 0.2) is 0 Å². The zero-order valence-electron chi connectivity index (χ0n) is 4.38. The Hall–Kier alpha value is -1.06. The van der Waals surface area contributed by atoms with Gasteiger partial charge in [0.05, 0.1) is 0 Å². The van der Waals surface area contributed by atoms with E-state index >= 15 is 0 Å². The highest BCUT2D eigenvalue weighted by molar-refractivity contribution is 5.97. The monoisotopic (exact) mass is 115 g/mol. The summed E-state index contributed by atoms with van der Waals surface area (Å²) in [6.07, 6.45) is -0.115. The van der Waals surface area contributed by atoms with E-state index < -0.39 is 5.97 Å². The lowest BCUT2D eigenvalue weighted by Crippen LogP contribution is -2.16. The zero-order valence-corrected chi connectivity index (χ0v) is 4.38. The standard InChI is InChI=1S/C4H5NO3/c1-5-3(6)2-4(7)8-5/h2H2,1H3. The van der Waals surface area contributed by atoms with Crippen molar-refractivity contribution in [1.29, 1.82) is 0 Å². The molecule has 0 aliphatic carbocycles. The predicted octanol–water partition coefficient (Wildman–Crippen LogP) is -0.693. The molecule has 0 unspecified atom stereocenters. The third-order valence-corrected chi connectivity index (χ3v) is 0.886. The van der Waals surface area contributed by atoms with E-state index in [2.05, 4.69) is 4.84 Å². The van der Waals surface area contributed by atoms with Crippen molar-refractivity contribution in [3.05, 3.63) is 0 Å². The second-order valence-electron chi connectivity index (χ2n) is 1.53. The van der Waals surface area contributed by atoms with Gasteiger partial charge in [0.2, 0.25) is 0 Å². The van der Waals surface area contributed by atoms with Crippen LogP contribution in [0.25, 0.3) is 0 Å². The van der Waals surface area contributed by atoms with E-state index in [0.29, 0.717) is 0 Å². The summed E-state index contributed by atoms with van der Waals surface area (Å²) in [6.45, 7) is 0. The van der Waals surface area contributed by atoms with Gasteiger partial charge in [-0.1, -0.05) is 0 Å². The number of amides is 1. The number of hydroxylamine groups is 2. The molecule has 44 valence electrons. The van der Waals surface area contributed by atoms with Crippen molar-refractivity contribution in [2.75, 3.05) is 7.05 Å². The normalized spacial score (nSPS) is 19.4. The Morgan fingerprint density at radius 2 is 2.25 bits per heavy atom. The Balaban J connectivity index is 2.64. The van der Waals surface area contributed by atoms with Crippen LogP contribution in [-0.2, 0) is 14.4 Å². The highest BCUT2D eigenvalue weighted by Gasteiger charge is 2.25. The van der Waals surface area contributed by atoms with Crippen molar-refractivity contribution in [3.8, 4) is 0 Å². The summed E-state index contributed by atoms with van der Waals surface area (Å²) in [7, 11) is 1.41. The van der Waals surface area contributed by atoms with Crippen LogP contribution in [0.1, 0.15) is 6.42 Å². The average Bonchev–Trinajstić information content (AvgIpc) is 1.85. The SMILES string of the molecule is CN1OC(=O)CC1=O. The molecule has 0 aromatic heterocycles. The van der Waals surface area contributed by atoms with Gasteiger partial charge in [0.1, 0.15) is 6.42 Å². The van der Waals surface area contributed by atoms with Crippen LogP contribution in [0.4, 0.5) is 0 Å². The summed E-state index contributed by atoms with van der Waals surface area (Å²) in [5.74, 6) is -0.757. The maximum Gasteiger partial charge on any atom is 0.341 e. The van der Waals surface area contributed by atoms with Crippen LogP contribution in [0.5, 0.6) is 0 Å².